The Hall–Kier alpha value is -3.03. The molecular weight excluding hydrogens is 408 g/mol. The molecule has 2 heterocycles. The number of ether oxygens (including phenoxy) is 1. The van der Waals surface area contributed by atoms with Crippen molar-refractivity contribution in [1.82, 2.24) is 4.98 Å². The zero-order valence-electron chi connectivity index (χ0n) is 15.5. The smallest absolute Gasteiger partial charge is 0.277 e. The van der Waals surface area contributed by atoms with Gasteiger partial charge in [0.05, 0.1) is 10.7 Å². The fourth-order valence-corrected chi connectivity index (χ4v) is 4.15. The number of nitrogens with two attached hydrogens (primary N) is 2. The molecule has 1 aromatic heterocycles. The number of halogens is 1. The van der Waals surface area contributed by atoms with Gasteiger partial charge in [-0.2, -0.15) is 0 Å². The molecule has 0 spiro atoms. The fraction of sp³-hybridized carbons (Fsp3) is 0.143. The van der Waals surface area contributed by atoms with Crippen LogP contribution >= 0.6 is 22.9 Å². The molecule has 0 bridgehead atoms. The zero-order chi connectivity index (χ0) is 20.5. The largest absolute Gasteiger partial charge is 0.454 e. The maximum absolute atomic E-state index is 11.3. The minimum Gasteiger partial charge on any atom is -0.454 e. The number of nitrogen functional groups attached to an aromatic ring is 1. The van der Waals surface area contributed by atoms with E-state index < -0.39 is 5.91 Å². The van der Waals surface area contributed by atoms with E-state index in [1.165, 1.54) is 11.3 Å². The molecule has 1 saturated heterocycles. The van der Waals surface area contributed by atoms with Crippen LogP contribution in [0, 0.1) is 0 Å². The molecule has 6 nitrogen and oxygen atoms in total. The van der Waals surface area contributed by atoms with Crippen molar-refractivity contribution in [3.8, 4) is 11.5 Å². The Balaban J connectivity index is 1.56. The van der Waals surface area contributed by atoms with Crippen molar-refractivity contribution in [2.24, 2.45) is 5.73 Å². The summed E-state index contributed by atoms with van der Waals surface area (Å²) in [5.74, 6) is 1.47. The Morgan fingerprint density at radius 1 is 1.28 bits per heavy atom. The number of carbonyl (C=O) groups is 1. The molecule has 2 aromatic carbocycles. The number of benzene rings is 2. The number of anilines is 2. The number of rotatable bonds is 5. The highest BCUT2D eigenvalue weighted by Gasteiger charge is 2.29. The predicted molar refractivity (Wildman–Crippen MR) is 117 cm³/mol. The van der Waals surface area contributed by atoms with Gasteiger partial charge in [0, 0.05) is 23.5 Å². The molecule has 0 unspecified atom stereocenters. The number of thiazole rings is 1. The van der Waals surface area contributed by atoms with Crippen LogP contribution in [0.2, 0.25) is 5.02 Å². The van der Waals surface area contributed by atoms with Crippen LogP contribution in [0.4, 0.5) is 11.5 Å². The Morgan fingerprint density at radius 3 is 2.79 bits per heavy atom. The summed E-state index contributed by atoms with van der Waals surface area (Å²) in [4.78, 5) is 17.7. The average Bonchev–Trinajstić information content (AvgIpc) is 3.32. The van der Waals surface area contributed by atoms with E-state index >= 15 is 0 Å². The van der Waals surface area contributed by atoms with E-state index in [1.54, 1.807) is 12.1 Å². The second-order valence-electron chi connectivity index (χ2n) is 6.78. The van der Waals surface area contributed by atoms with E-state index in [1.807, 2.05) is 40.6 Å². The highest BCUT2D eigenvalue weighted by atomic mass is 35.5. The van der Waals surface area contributed by atoms with Crippen LogP contribution in [0.3, 0.4) is 0 Å². The SMILES string of the molecule is C=C1C[C@H](c2ccc(Cl)c(Oc3ccccc3N)c2)CN1c1csc(C(N)=O)n1. The van der Waals surface area contributed by atoms with Crippen molar-refractivity contribution in [1.29, 1.82) is 0 Å². The molecule has 8 heteroatoms. The second kappa shape index (κ2) is 7.77. The maximum atomic E-state index is 11.3. The Labute approximate surface area is 177 Å². The number of nitrogens with zero attached hydrogens (tertiary/aromatic N) is 2. The normalized spacial score (nSPS) is 16.2. The zero-order valence-corrected chi connectivity index (χ0v) is 17.0. The average molecular weight is 427 g/mol. The lowest BCUT2D eigenvalue weighted by molar-refractivity contribution is 0.1000. The van der Waals surface area contributed by atoms with Gasteiger partial charge in [-0.15, -0.1) is 11.3 Å². The topological polar surface area (TPSA) is 94.5 Å². The van der Waals surface area contributed by atoms with Gasteiger partial charge < -0.3 is 21.1 Å². The number of hydrogen-bond acceptors (Lipinski definition) is 6. The molecule has 0 saturated carbocycles. The van der Waals surface area contributed by atoms with E-state index in [-0.39, 0.29) is 5.92 Å². The van der Waals surface area contributed by atoms with Gasteiger partial charge >= 0.3 is 0 Å². The van der Waals surface area contributed by atoms with Crippen LogP contribution in [0.15, 0.2) is 60.1 Å². The summed E-state index contributed by atoms with van der Waals surface area (Å²) in [5.41, 5.74) is 13.8. The number of allylic oxidation sites excluding steroid dienone is 1. The second-order valence-corrected chi connectivity index (χ2v) is 8.05. The predicted octanol–water partition coefficient (Wildman–Crippen LogP) is 4.78. The van der Waals surface area contributed by atoms with Gasteiger partial charge in [0.25, 0.3) is 5.91 Å². The van der Waals surface area contributed by atoms with E-state index in [4.69, 9.17) is 27.8 Å². The Kier molecular flexibility index (Phi) is 5.17. The summed E-state index contributed by atoms with van der Waals surface area (Å²) >= 11 is 7.58. The number of primary amides is 1. The molecule has 4 rings (SSSR count). The highest BCUT2D eigenvalue weighted by Crippen LogP contribution is 2.40. The number of hydrogen-bond donors (Lipinski definition) is 2. The van der Waals surface area contributed by atoms with Gasteiger partial charge in [-0.3, -0.25) is 4.79 Å². The summed E-state index contributed by atoms with van der Waals surface area (Å²) in [6, 6.07) is 13.0. The van der Waals surface area contributed by atoms with E-state index in [0.29, 0.717) is 39.6 Å². The number of amides is 1. The van der Waals surface area contributed by atoms with Crippen molar-refractivity contribution >= 4 is 40.4 Å². The third-order valence-electron chi connectivity index (χ3n) is 4.81. The van der Waals surface area contributed by atoms with E-state index in [2.05, 4.69) is 11.6 Å². The number of carbonyl (C=O) groups excluding carboxylic acids is 1. The fourth-order valence-electron chi connectivity index (χ4n) is 3.33. The molecule has 1 atom stereocenters. The molecule has 0 aliphatic carbocycles. The van der Waals surface area contributed by atoms with Crippen molar-refractivity contribution in [2.45, 2.75) is 12.3 Å². The monoisotopic (exact) mass is 426 g/mol. The summed E-state index contributed by atoms with van der Waals surface area (Å²) < 4.78 is 5.95. The maximum Gasteiger partial charge on any atom is 0.277 e. The lowest BCUT2D eigenvalue weighted by atomic mass is 9.97. The minimum atomic E-state index is -0.526. The first kappa shape index (κ1) is 19.3. The summed E-state index contributed by atoms with van der Waals surface area (Å²) in [5, 5.41) is 2.62. The van der Waals surface area contributed by atoms with E-state index in [9.17, 15) is 4.79 Å². The lowest BCUT2D eigenvalue weighted by Gasteiger charge is -2.17. The van der Waals surface area contributed by atoms with Crippen LogP contribution in [-0.2, 0) is 0 Å². The van der Waals surface area contributed by atoms with E-state index in [0.717, 1.165) is 17.7 Å². The summed E-state index contributed by atoms with van der Waals surface area (Å²) in [7, 11) is 0. The molecule has 1 amide bonds. The van der Waals surface area contributed by atoms with Crippen LogP contribution in [0.25, 0.3) is 0 Å². The van der Waals surface area contributed by atoms with Crippen LogP contribution < -0.4 is 21.1 Å². The first-order valence-corrected chi connectivity index (χ1v) is 10.2. The lowest BCUT2D eigenvalue weighted by Crippen LogP contribution is -2.18. The Bertz CT molecular complexity index is 1100. The molecular formula is C21H19ClN4O2S. The molecule has 1 aliphatic heterocycles. The minimum absolute atomic E-state index is 0.189. The molecule has 3 aromatic rings. The van der Waals surface area contributed by atoms with Crippen molar-refractivity contribution < 1.29 is 9.53 Å². The standard InChI is InChI=1S/C21H19ClN4O2S/c1-12-8-14(10-26(12)19-11-29-21(25-19)20(24)27)13-6-7-15(22)18(9-13)28-17-5-3-2-4-16(17)23/h2-7,9,11,14H,1,8,10,23H2,(H2,24,27)/t14-/m0/s1. The first-order valence-electron chi connectivity index (χ1n) is 8.95. The van der Waals surface area contributed by atoms with Gasteiger partial charge in [-0.1, -0.05) is 36.4 Å². The van der Waals surface area contributed by atoms with Gasteiger partial charge in [0.2, 0.25) is 0 Å². The molecule has 148 valence electrons. The van der Waals surface area contributed by atoms with Crippen molar-refractivity contribution in [3.63, 3.8) is 0 Å². The molecule has 1 fully saturated rings. The third-order valence-corrected chi connectivity index (χ3v) is 5.97. The first-order chi connectivity index (χ1) is 13.9. The van der Waals surface area contributed by atoms with Crippen LogP contribution in [0.1, 0.15) is 27.7 Å². The van der Waals surface area contributed by atoms with Gasteiger partial charge in [0.15, 0.2) is 5.01 Å². The van der Waals surface area contributed by atoms with Crippen molar-refractivity contribution in [3.05, 3.63) is 75.7 Å². The highest BCUT2D eigenvalue weighted by molar-refractivity contribution is 7.12. The summed E-state index contributed by atoms with van der Waals surface area (Å²) in [6.45, 7) is 4.85. The Morgan fingerprint density at radius 2 is 2.07 bits per heavy atom. The number of para-hydroxylation sites is 2. The van der Waals surface area contributed by atoms with Gasteiger partial charge in [-0.05, 0) is 36.2 Å². The molecule has 1 aliphatic rings. The van der Waals surface area contributed by atoms with Gasteiger partial charge in [-0.25, -0.2) is 4.98 Å². The molecule has 0 radical (unpaired) electrons. The van der Waals surface area contributed by atoms with Gasteiger partial charge in [0.1, 0.15) is 17.3 Å². The van der Waals surface area contributed by atoms with Crippen LogP contribution in [0.5, 0.6) is 11.5 Å². The third kappa shape index (κ3) is 3.92. The summed E-state index contributed by atoms with van der Waals surface area (Å²) in [6.07, 6.45) is 0.762. The molecule has 29 heavy (non-hydrogen) atoms. The number of aromatic nitrogens is 1. The molecule has 4 N–H and O–H groups in total. The van der Waals surface area contributed by atoms with Crippen molar-refractivity contribution in [2.75, 3.05) is 17.2 Å². The van der Waals surface area contributed by atoms with Crippen LogP contribution in [-0.4, -0.2) is 17.4 Å². The quantitative estimate of drug-likeness (QED) is 0.572.